The van der Waals surface area contributed by atoms with E-state index in [0.29, 0.717) is 10.1 Å². The number of thioether (sulfide) groups is 1. The van der Waals surface area contributed by atoms with Crippen LogP contribution >= 0.6 is 23.1 Å². The molecule has 0 atom stereocenters. The molecule has 0 radical (unpaired) electrons. The van der Waals surface area contributed by atoms with Gasteiger partial charge in [-0.1, -0.05) is 18.2 Å². The number of benzene rings is 1. The Morgan fingerprint density at radius 1 is 1.20 bits per heavy atom. The number of rotatable bonds is 2. The molecule has 3 nitrogen and oxygen atoms in total. The maximum Gasteiger partial charge on any atom is 0.264 e. The topological polar surface area (TPSA) is 41.5 Å². The minimum absolute atomic E-state index is 0.210. The van der Waals surface area contributed by atoms with Crippen LogP contribution in [-0.4, -0.2) is 11.1 Å². The standard InChI is InChI=1S/C14H9FN2OS2/c15-10-5-1-2-6-11(10)16-14-17-13(18)12(20-14)8-9-4-3-7-19-9/h1-8H,(H,16,17,18). The van der Waals surface area contributed by atoms with Crippen molar-refractivity contribution in [2.45, 2.75) is 0 Å². The van der Waals surface area contributed by atoms with Crippen LogP contribution in [0.3, 0.4) is 0 Å². The van der Waals surface area contributed by atoms with Crippen LogP contribution in [-0.2, 0) is 4.79 Å². The first-order valence-electron chi connectivity index (χ1n) is 5.80. The van der Waals surface area contributed by atoms with Gasteiger partial charge in [0.25, 0.3) is 5.91 Å². The molecule has 0 unspecified atom stereocenters. The molecule has 1 fully saturated rings. The SMILES string of the molecule is O=C1NC(=Nc2ccccc2F)SC1=Cc1cccs1. The lowest BCUT2D eigenvalue weighted by Gasteiger charge is -1.97. The van der Waals surface area contributed by atoms with Gasteiger partial charge in [-0.15, -0.1) is 11.3 Å². The number of thiophene rings is 1. The molecule has 1 aromatic carbocycles. The van der Waals surface area contributed by atoms with E-state index < -0.39 is 5.82 Å². The van der Waals surface area contributed by atoms with Gasteiger partial charge >= 0.3 is 0 Å². The van der Waals surface area contributed by atoms with E-state index in [2.05, 4.69) is 10.3 Å². The highest BCUT2D eigenvalue weighted by Crippen LogP contribution is 2.29. The number of aliphatic imine (C=N–C) groups is 1. The molecule has 0 aliphatic carbocycles. The molecule has 1 aliphatic heterocycles. The molecule has 1 aliphatic rings. The van der Waals surface area contributed by atoms with Crippen molar-refractivity contribution in [2.75, 3.05) is 0 Å². The predicted octanol–water partition coefficient (Wildman–Crippen LogP) is 3.78. The Labute approximate surface area is 123 Å². The maximum absolute atomic E-state index is 13.5. The Morgan fingerprint density at radius 3 is 2.80 bits per heavy atom. The summed E-state index contributed by atoms with van der Waals surface area (Å²) < 4.78 is 13.5. The Hall–Kier alpha value is -1.92. The van der Waals surface area contributed by atoms with Crippen LogP contribution in [0.2, 0.25) is 0 Å². The second kappa shape index (κ2) is 5.60. The highest BCUT2D eigenvalue weighted by Gasteiger charge is 2.24. The summed E-state index contributed by atoms with van der Waals surface area (Å²) in [7, 11) is 0. The number of nitrogens with one attached hydrogen (secondary N) is 1. The van der Waals surface area contributed by atoms with E-state index in [9.17, 15) is 9.18 Å². The van der Waals surface area contributed by atoms with E-state index in [1.807, 2.05) is 17.5 Å². The largest absolute Gasteiger partial charge is 0.300 e. The molecule has 1 N–H and O–H groups in total. The number of halogens is 1. The Bertz CT molecular complexity index is 708. The van der Waals surface area contributed by atoms with Crippen molar-refractivity contribution < 1.29 is 9.18 Å². The normalized spacial score (nSPS) is 18.8. The van der Waals surface area contributed by atoms with Gasteiger partial charge in [-0.25, -0.2) is 9.38 Å². The fourth-order valence-corrected chi connectivity index (χ4v) is 3.19. The zero-order chi connectivity index (χ0) is 13.9. The fourth-order valence-electron chi connectivity index (χ4n) is 1.63. The Kier molecular flexibility index (Phi) is 3.66. The number of carbonyl (C=O) groups excluding carboxylic acids is 1. The van der Waals surface area contributed by atoms with Gasteiger partial charge in [-0.05, 0) is 41.4 Å². The number of hydrogen-bond donors (Lipinski definition) is 1. The molecule has 1 saturated heterocycles. The highest BCUT2D eigenvalue weighted by atomic mass is 32.2. The molecule has 6 heteroatoms. The summed E-state index contributed by atoms with van der Waals surface area (Å²) in [6.45, 7) is 0. The summed E-state index contributed by atoms with van der Waals surface area (Å²) in [5.41, 5.74) is 0.215. The van der Waals surface area contributed by atoms with Crippen LogP contribution in [0.4, 0.5) is 10.1 Å². The molecule has 0 saturated carbocycles. The van der Waals surface area contributed by atoms with E-state index in [4.69, 9.17) is 0 Å². The molecule has 20 heavy (non-hydrogen) atoms. The molecular weight excluding hydrogens is 295 g/mol. The highest BCUT2D eigenvalue weighted by molar-refractivity contribution is 8.18. The maximum atomic E-state index is 13.5. The third-order valence-corrected chi connectivity index (χ3v) is 4.27. The van der Waals surface area contributed by atoms with Crippen LogP contribution < -0.4 is 5.32 Å². The molecular formula is C14H9FN2OS2. The molecule has 100 valence electrons. The predicted molar refractivity (Wildman–Crippen MR) is 81.5 cm³/mol. The lowest BCUT2D eigenvalue weighted by Crippen LogP contribution is -2.19. The molecule has 2 heterocycles. The van der Waals surface area contributed by atoms with Crippen molar-refractivity contribution >= 4 is 45.9 Å². The van der Waals surface area contributed by atoms with Gasteiger partial charge in [0, 0.05) is 4.88 Å². The van der Waals surface area contributed by atoms with Crippen molar-refractivity contribution in [1.82, 2.24) is 5.32 Å². The van der Waals surface area contributed by atoms with Crippen LogP contribution in [0.5, 0.6) is 0 Å². The van der Waals surface area contributed by atoms with Gasteiger partial charge < -0.3 is 5.32 Å². The van der Waals surface area contributed by atoms with Crippen molar-refractivity contribution in [3.63, 3.8) is 0 Å². The van der Waals surface area contributed by atoms with Gasteiger partial charge in [-0.3, -0.25) is 4.79 Å². The zero-order valence-electron chi connectivity index (χ0n) is 10.2. The average Bonchev–Trinajstić information content (AvgIpc) is 3.04. The summed E-state index contributed by atoms with van der Waals surface area (Å²) in [4.78, 5) is 17.5. The second-order valence-electron chi connectivity index (χ2n) is 3.95. The van der Waals surface area contributed by atoms with Crippen molar-refractivity contribution in [2.24, 2.45) is 4.99 Å². The van der Waals surface area contributed by atoms with Crippen molar-refractivity contribution in [3.05, 3.63) is 57.4 Å². The van der Waals surface area contributed by atoms with Gasteiger partial charge in [-0.2, -0.15) is 0 Å². The van der Waals surface area contributed by atoms with Gasteiger partial charge in [0.2, 0.25) is 0 Å². The quantitative estimate of drug-likeness (QED) is 0.858. The molecule has 0 spiro atoms. The Balaban J connectivity index is 1.85. The van der Waals surface area contributed by atoms with E-state index in [0.717, 1.165) is 4.88 Å². The Morgan fingerprint density at radius 2 is 2.05 bits per heavy atom. The van der Waals surface area contributed by atoms with Gasteiger partial charge in [0.15, 0.2) is 5.17 Å². The van der Waals surface area contributed by atoms with E-state index >= 15 is 0 Å². The summed E-state index contributed by atoms with van der Waals surface area (Å²) in [5, 5.41) is 4.97. The van der Waals surface area contributed by atoms with Crippen LogP contribution in [0.15, 0.2) is 51.7 Å². The first-order chi connectivity index (χ1) is 9.72. The first kappa shape index (κ1) is 13.1. The van der Waals surface area contributed by atoms with Crippen LogP contribution in [0.1, 0.15) is 4.88 Å². The lowest BCUT2D eigenvalue weighted by atomic mass is 10.3. The number of nitrogens with zero attached hydrogens (tertiary/aromatic N) is 1. The number of hydrogen-bond acceptors (Lipinski definition) is 4. The first-order valence-corrected chi connectivity index (χ1v) is 7.49. The van der Waals surface area contributed by atoms with Crippen LogP contribution in [0, 0.1) is 5.82 Å². The van der Waals surface area contributed by atoms with Gasteiger partial charge in [0.1, 0.15) is 11.5 Å². The van der Waals surface area contributed by atoms with Crippen molar-refractivity contribution in [3.8, 4) is 0 Å². The fraction of sp³-hybridized carbons (Fsp3) is 0. The molecule has 2 aromatic rings. The zero-order valence-corrected chi connectivity index (χ0v) is 11.8. The summed E-state index contributed by atoms with van der Waals surface area (Å²) in [6.07, 6.45) is 1.80. The van der Waals surface area contributed by atoms with Gasteiger partial charge in [0.05, 0.1) is 4.91 Å². The third kappa shape index (κ3) is 2.81. The molecule has 3 rings (SSSR count). The average molecular weight is 304 g/mol. The summed E-state index contributed by atoms with van der Waals surface area (Å²) in [5.74, 6) is -0.621. The number of amides is 1. The molecule has 1 aromatic heterocycles. The number of amidine groups is 1. The van der Waals surface area contributed by atoms with E-state index in [1.54, 1.807) is 35.6 Å². The smallest absolute Gasteiger partial charge is 0.264 e. The molecule has 1 amide bonds. The summed E-state index contributed by atoms with van der Waals surface area (Å²) >= 11 is 2.76. The lowest BCUT2D eigenvalue weighted by molar-refractivity contribution is -0.115. The second-order valence-corrected chi connectivity index (χ2v) is 5.96. The van der Waals surface area contributed by atoms with E-state index in [1.165, 1.54) is 17.8 Å². The third-order valence-electron chi connectivity index (χ3n) is 2.54. The minimum Gasteiger partial charge on any atom is -0.300 e. The summed E-state index contributed by atoms with van der Waals surface area (Å²) in [6, 6.07) is 10.0. The van der Waals surface area contributed by atoms with Crippen LogP contribution in [0.25, 0.3) is 6.08 Å². The van der Waals surface area contributed by atoms with Crippen molar-refractivity contribution in [1.29, 1.82) is 0 Å². The number of para-hydroxylation sites is 1. The monoisotopic (exact) mass is 304 g/mol. The minimum atomic E-state index is -0.412. The number of carbonyl (C=O) groups is 1. The van der Waals surface area contributed by atoms with E-state index in [-0.39, 0.29) is 11.6 Å². The molecule has 0 bridgehead atoms.